The molecule has 1 aliphatic rings. The van der Waals surface area contributed by atoms with E-state index in [4.69, 9.17) is 0 Å². The molecule has 1 fully saturated rings. The predicted octanol–water partition coefficient (Wildman–Crippen LogP) is 1.70. The Balaban J connectivity index is 2.11. The quantitative estimate of drug-likeness (QED) is 0.799. The maximum Gasteiger partial charge on any atom is 0.0810 e. The van der Waals surface area contributed by atoms with Crippen molar-refractivity contribution in [2.45, 2.75) is 32.0 Å². The lowest BCUT2D eigenvalue weighted by atomic mass is 10.1. The molecule has 0 aromatic heterocycles. The van der Waals surface area contributed by atoms with Crippen molar-refractivity contribution in [3.05, 3.63) is 29.8 Å². The molecule has 1 aliphatic heterocycles. The standard InChI is InChI=1S/C13H19NO2/c1-10(15)11-3-5-12(6-4-11)14-8-7-13(2,16)9-14/h3-6,10,15-16H,7-9H2,1-2H3/t10-,13?/m1/s1. The SMILES string of the molecule is C[C@@H](O)c1ccc(N2CCC(C)(O)C2)cc1. The molecule has 0 spiro atoms. The normalized spacial score (nSPS) is 27.1. The van der Waals surface area contributed by atoms with Crippen LogP contribution in [0.15, 0.2) is 24.3 Å². The van der Waals surface area contributed by atoms with Crippen LogP contribution in [0.5, 0.6) is 0 Å². The van der Waals surface area contributed by atoms with E-state index in [1.807, 2.05) is 31.2 Å². The zero-order valence-electron chi connectivity index (χ0n) is 9.85. The van der Waals surface area contributed by atoms with Crippen LogP contribution in [-0.4, -0.2) is 28.9 Å². The van der Waals surface area contributed by atoms with Crippen molar-refractivity contribution in [3.63, 3.8) is 0 Å². The number of benzene rings is 1. The molecule has 16 heavy (non-hydrogen) atoms. The lowest BCUT2D eigenvalue weighted by Crippen LogP contribution is -2.29. The fourth-order valence-corrected chi connectivity index (χ4v) is 2.13. The highest BCUT2D eigenvalue weighted by Gasteiger charge is 2.31. The van der Waals surface area contributed by atoms with Gasteiger partial charge in [-0.05, 0) is 38.0 Å². The lowest BCUT2D eigenvalue weighted by molar-refractivity contribution is 0.0839. The Kier molecular flexibility index (Phi) is 2.91. The smallest absolute Gasteiger partial charge is 0.0810 e. The summed E-state index contributed by atoms with van der Waals surface area (Å²) in [7, 11) is 0. The Morgan fingerprint density at radius 3 is 2.38 bits per heavy atom. The molecule has 1 aromatic rings. The first-order chi connectivity index (χ1) is 7.48. The Labute approximate surface area is 96.3 Å². The second-order valence-corrected chi connectivity index (χ2v) is 4.94. The van der Waals surface area contributed by atoms with Crippen LogP contribution >= 0.6 is 0 Å². The van der Waals surface area contributed by atoms with E-state index in [0.29, 0.717) is 6.54 Å². The highest BCUT2D eigenvalue weighted by atomic mass is 16.3. The van der Waals surface area contributed by atoms with Gasteiger partial charge in [-0.15, -0.1) is 0 Å². The molecule has 0 amide bonds. The van der Waals surface area contributed by atoms with Crippen LogP contribution < -0.4 is 4.90 Å². The number of hydrogen-bond acceptors (Lipinski definition) is 3. The summed E-state index contributed by atoms with van der Waals surface area (Å²) in [4.78, 5) is 2.17. The Morgan fingerprint density at radius 1 is 1.31 bits per heavy atom. The molecule has 2 N–H and O–H groups in total. The fourth-order valence-electron chi connectivity index (χ4n) is 2.13. The van der Waals surface area contributed by atoms with Gasteiger partial charge >= 0.3 is 0 Å². The lowest BCUT2D eigenvalue weighted by Gasteiger charge is -2.21. The van der Waals surface area contributed by atoms with E-state index in [9.17, 15) is 10.2 Å². The maximum atomic E-state index is 9.89. The van der Waals surface area contributed by atoms with E-state index in [2.05, 4.69) is 4.90 Å². The van der Waals surface area contributed by atoms with Crippen LogP contribution in [-0.2, 0) is 0 Å². The number of nitrogens with zero attached hydrogens (tertiary/aromatic N) is 1. The highest BCUT2D eigenvalue weighted by molar-refractivity contribution is 5.49. The Bertz CT molecular complexity index is 357. The summed E-state index contributed by atoms with van der Waals surface area (Å²) < 4.78 is 0. The first kappa shape index (κ1) is 11.4. The third-order valence-corrected chi connectivity index (χ3v) is 3.19. The largest absolute Gasteiger partial charge is 0.389 e. The van der Waals surface area contributed by atoms with Gasteiger partial charge in [0.1, 0.15) is 0 Å². The van der Waals surface area contributed by atoms with Crippen molar-refractivity contribution in [2.75, 3.05) is 18.0 Å². The monoisotopic (exact) mass is 221 g/mol. The topological polar surface area (TPSA) is 43.7 Å². The maximum absolute atomic E-state index is 9.89. The van der Waals surface area contributed by atoms with E-state index >= 15 is 0 Å². The second-order valence-electron chi connectivity index (χ2n) is 4.94. The van der Waals surface area contributed by atoms with Gasteiger partial charge < -0.3 is 15.1 Å². The van der Waals surface area contributed by atoms with E-state index in [-0.39, 0.29) is 0 Å². The summed E-state index contributed by atoms with van der Waals surface area (Å²) >= 11 is 0. The molecule has 1 heterocycles. The average molecular weight is 221 g/mol. The van der Waals surface area contributed by atoms with Crippen molar-refractivity contribution in [1.29, 1.82) is 0 Å². The molecule has 2 atom stereocenters. The minimum atomic E-state index is -0.567. The van der Waals surface area contributed by atoms with Gasteiger partial charge in [-0.25, -0.2) is 0 Å². The van der Waals surface area contributed by atoms with Gasteiger partial charge in [0.15, 0.2) is 0 Å². The van der Waals surface area contributed by atoms with Gasteiger partial charge in [-0.3, -0.25) is 0 Å². The van der Waals surface area contributed by atoms with Crippen molar-refractivity contribution in [1.82, 2.24) is 0 Å². The van der Waals surface area contributed by atoms with Gasteiger partial charge in [-0.2, -0.15) is 0 Å². The predicted molar refractivity (Wildman–Crippen MR) is 64.5 cm³/mol. The molecule has 1 aromatic carbocycles. The van der Waals surface area contributed by atoms with Crippen LogP contribution in [0, 0.1) is 0 Å². The molecule has 1 unspecified atom stereocenters. The van der Waals surface area contributed by atoms with Gasteiger partial charge in [0.2, 0.25) is 0 Å². The third-order valence-electron chi connectivity index (χ3n) is 3.19. The molecular formula is C13H19NO2. The molecular weight excluding hydrogens is 202 g/mol. The molecule has 1 saturated heterocycles. The summed E-state index contributed by atoms with van der Waals surface area (Å²) in [6.07, 6.45) is 0.390. The Morgan fingerprint density at radius 2 is 1.94 bits per heavy atom. The minimum Gasteiger partial charge on any atom is -0.389 e. The second kappa shape index (κ2) is 4.07. The van der Waals surface area contributed by atoms with Crippen molar-refractivity contribution in [2.24, 2.45) is 0 Å². The summed E-state index contributed by atoms with van der Waals surface area (Å²) in [5.74, 6) is 0. The number of anilines is 1. The average Bonchev–Trinajstić information content (AvgIpc) is 2.59. The highest BCUT2D eigenvalue weighted by Crippen LogP contribution is 2.27. The molecule has 0 saturated carbocycles. The van der Waals surface area contributed by atoms with E-state index in [1.165, 1.54) is 0 Å². The molecule has 88 valence electrons. The first-order valence-corrected chi connectivity index (χ1v) is 5.73. The third kappa shape index (κ3) is 2.36. The molecule has 0 aliphatic carbocycles. The van der Waals surface area contributed by atoms with Gasteiger partial charge in [-0.1, -0.05) is 12.1 Å². The fraction of sp³-hybridized carbons (Fsp3) is 0.538. The number of hydrogen-bond donors (Lipinski definition) is 2. The molecule has 0 radical (unpaired) electrons. The summed E-state index contributed by atoms with van der Waals surface area (Å²) in [6.45, 7) is 5.20. The summed E-state index contributed by atoms with van der Waals surface area (Å²) in [5, 5.41) is 19.3. The molecule has 0 bridgehead atoms. The van der Waals surface area contributed by atoms with Crippen LogP contribution in [0.25, 0.3) is 0 Å². The molecule has 3 heteroatoms. The molecule has 3 nitrogen and oxygen atoms in total. The van der Waals surface area contributed by atoms with E-state index in [1.54, 1.807) is 6.92 Å². The number of β-amino-alcohol motifs (C(OH)–C–C–N with tert-alkyl or cyclic N) is 1. The van der Waals surface area contributed by atoms with Gasteiger partial charge in [0.05, 0.1) is 11.7 Å². The van der Waals surface area contributed by atoms with E-state index in [0.717, 1.165) is 24.2 Å². The number of aliphatic hydroxyl groups excluding tert-OH is 1. The number of rotatable bonds is 2. The van der Waals surface area contributed by atoms with Crippen LogP contribution in [0.2, 0.25) is 0 Å². The first-order valence-electron chi connectivity index (χ1n) is 5.73. The Hall–Kier alpha value is -1.06. The van der Waals surface area contributed by atoms with Crippen molar-refractivity contribution in [3.8, 4) is 0 Å². The van der Waals surface area contributed by atoms with Crippen LogP contribution in [0.3, 0.4) is 0 Å². The van der Waals surface area contributed by atoms with Crippen LogP contribution in [0.4, 0.5) is 5.69 Å². The summed E-state index contributed by atoms with van der Waals surface area (Å²) in [6, 6.07) is 7.88. The van der Waals surface area contributed by atoms with Gasteiger partial charge in [0, 0.05) is 18.8 Å². The summed E-state index contributed by atoms with van der Waals surface area (Å²) in [5.41, 5.74) is 1.47. The van der Waals surface area contributed by atoms with Crippen LogP contribution in [0.1, 0.15) is 31.9 Å². The number of aliphatic hydroxyl groups is 2. The molecule has 2 rings (SSSR count). The van der Waals surface area contributed by atoms with Gasteiger partial charge in [0.25, 0.3) is 0 Å². The van der Waals surface area contributed by atoms with Crippen molar-refractivity contribution >= 4 is 5.69 Å². The van der Waals surface area contributed by atoms with E-state index < -0.39 is 11.7 Å². The zero-order valence-corrected chi connectivity index (χ0v) is 9.85. The van der Waals surface area contributed by atoms with Crippen molar-refractivity contribution < 1.29 is 10.2 Å². The zero-order chi connectivity index (χ0) is 11.8. The minimum absolute atomic E-state index is 0.421.